The Balaban J connectivity index is 0. The predicted octanol–water partition coefficient (Wildman–Crippen LogP) is -0.299. The van der Waals surface area contributed by atoms with E-state index in [1.807, 2.05) is 0 Å². The Morgan fingerprint density at radius 2 is 1.12 bits per heavy atom. The van der Waals surface area contributed by atoms with Crippen LogP contribution in [0.4, 0.5) is 0 Å². The zero-order valence-corrected chi connectivity index (χ0v) is 8.08. The SMILES string of the molecule is CO[SiH](OC)OC.P. The summed E-state index contributed by atoms with van der Waals surface area (Å²) in [5, 5.41) is 0. The Morgan fingerprint density at radius 3 is 1.12 bits per heavy atom. The van der Waals surface area contributed by atoms with E-state index in [0.29, 0.717) is 0 Å². The normalized spacial score (nSPS) is 9.00. The van der Waals surface area contributed by atoms with Crippen molar-refractivity contribution in [2.24, 2.45) is 0 Å². The molecule has 1 atom stereocenters. The van der Waals surface area contributed by atoms with Crippen molar-refractivity contribution in [3.05, 3.63) is 0 Å². The Hall–Kier alpha value is 0.527. The summed E-state index contributed by atoms with van der Waals surface area (Å²) < 4.78 is 14.2. The summed E-state index contributed by atoms with van der Waals surface area (Å²) in [7, 11) is 3.05. The van der Waals surface area contributed by atoms with E-state index < -0.39 is 9.53 Å². The van der Waals surface area contributed by atoms with Gasteiger partial charge < -0.3 is 13.3 Å². The van der Waals surface area contributed by atoms with Crippen LogP contribution in [0.3, 0.4) is 0 Å². The molecule has 0 N–H and O–H groups in total. The minimum Gasteiger partial charge on any atom is -0.379 e. The van der Waals surface area contributed by atoms with Gasteiger partial charge in [-0.1, -0.05) is 0 Å². The predicted molar refractivity (Wildman–Crippen MR) is 39.3 cm³/mol. The summed E-state index contributed by atoms with van der Waals surface area (Å²) in [6, 6.07) is 0. The summed E-state index contributed by atoms with van der Waals surface area (Å²) in [6.45, 7) is 0. The van der Waals surface area contributed by atoms with Gasteiger partial charge in [-0.3, -0.25) is 0 Å². The smallest absolute Gasteiger partial charge is 0.379 e. The Morgan fingerprint density at radius 1 is 0.875 bits per heavy atom. The average Bonchev–Trinajstić information content (AvgIpc) is 1.72. The maximum absolute atomic E-state index is 4.74. The van der Waals surface area contributed by atoms with Crippen LogP contribution in [0.2, 0.25) is 0 Å². The molecule has 52 valence electrons. The molecule has 0 heterocycles. The van der Waals surface area contributed by atoms with Gasteiger partial charge in [-0.15, -0.1) is 0 Å². The zero-order valence-electron chi connectivity index (χ0n) is 5.51. The molecule has 0 aromatic rings. The molecule has 0 bridgehead atoms. The first-order valence-corrected chi connectivity index (χ1v) is 3.35. The maximum Gasteiger partial charge on any atom is 0.483 e. The minimum atomic E-state index is -1.67. The van der Waals surface area contributed by atoms with E-state index >= 15 is 0 Å². The molecule has 0 aliphatic heterocycles. The first kappa shape index (κ1) is 11.3. The van der Waals surface area contributed by atoms with Gasteiger partial charge >= 0.3 is 9.53 Å². The number of rotatable bonds is 3. The van der Waals surface area contributed by atoms with Gasteiger partial charge in [0.1, 0.15) is 0 Å². The highest BCUT2D eigenvalue weighted by Gasteiger charge is 2.04. The molecule has 1 unspecified atom stereocenters. The van der Waals surface area contributed by atoms with Crippen molar-refractivity contribution < 1.29 is 13.3 Å². The second kappa shape index (κ2) is 7.53. The Kier molecular flexibility index (Phi) is 10.7. The van der Waals surface area contributed by atoms with Gasteiger partial charge in [0, 0.05) is 21.3 Å². The molecule has 0 saturated carbocycles. The molecule has 0 radical (unpaired) electrons. The fourth-order valence-electron chi connectivity index (χ4n) is 0.289. The van der Waals surface area contributed by atoms with E-state index in [2.05, 4.69) is 0 Å². The summed E-state index contributed by atoms with van der Waals surface area (Å²) in [4.78, 5) is 0. The quantitative estimate of drug-likeness (QED) is 0.415. The molecule has 0 aromatic heterocycles. The van der Waals surface area contributed by atoms with E-state index in [1.165, 1.54) is 0 Å². The van der Waals surface area contributed by atoms with Crippen LogP contribution in [0.25, 0.3) is 0 Å². The first-order valence-electron chi connectivity index (χ1n) is 1.93. The molecule has 0 aromatic carbocycles. The highest BCUT2D eigenvalue weighted by Crippen LogP contribution is 1.81. The third-order valence-corrected chi connectivity index (χ3v) is 1.73. The Labute approximate surface area is 54.9 Å². The first-order chi connectivity index (χ1) is 3.35. The molecule has 0 rings (SSSR count). The van der Waals surface area contributed by atoms with Crippen molar-refractivity contribution in [3.8, 4) is 0 Å². The molecule has 8 heavy (non-hydrogen) atoms. The molecule has 5 heteroatoms. The molecule has 0 fully saturated rings. The van der Waals surface area contributed by atoms with Crippen LogP contribution >= 0.6 is 9.90 Å². The fraction of sp³-hybridized carbons (Fsp3) is 1.00. The van der Waals surface area contributed by atoms with Gasteiger partial charge in [0.2, 0.25) is 0 Å². The van der Waals surface area contributed by atoms with Crippen LogP contribution in [0, 0.1) is 0 Å². The maximum atomic E-state index is 4.74. The van der Waals surface area contributed by atoms with E-state index in [1.54, 1.807) is 21.3 Å². The fourth-order valence-corrected chi connectivity index (χ4v) is 0.866. The number of hydrogen-bond donors (Lipinski definition) is 0. The molecule has 0 spiro atoms. The summed E-state index contributed by atoms with van der Waals surface area (Å²) in [6.07, 6.45) is 0. The lowest BCUT2D eigenvalue weighted by molar-refractivity contribution is 0.163. The van der Waals surface area contributed by atoms with Crippen LogP contribution < -0.4 is 0 Å². The monoisotopic (exact) mass is 156 g/mol. The Bertz CT molecular complexity index is 36.0. The lowest BCUT2D eigenvalue weighted by atomic mass is 11.8. The number of hydrogen-bond acceptors (Lipinski definition) is 3. The van der Waals surface area contributed by atoms with Crippen LogP contribution in [0.15, 0.2) is 0 Å². The molecule has 0 aliphatic rings. The van der Waals surface area contributed by atoms with Crippen LogP contribution in [-0.4, -0.2) is 30.9 Å². The zero-order chi connectivity index (χ0) is 5.70. The van der Waals surface area contributed by atoms with Gasteiger partial charge in [-0.05, 0) is 0 Å². The van der Waals surface area contributed by atoms with Gasteiger partial charge in [-0.2, -0.15) is 9.90 Å². The average molecular weight is 156 g/mol. The van der Waals surface area contributed by atoms with Crippen molar-refractivity contribution >= 4 is 19.4 Å². The van der Waals surface area contributed by atoms with Gasteiger partial charge in [0.05, 0.1) is 0 Å². The summed E-state index contributed by atoms with van der Waals surface area (Å²) in [5.74, 6) is 0. The van der Waals surface area contributed by atoms with Gasteiger partial charge in [0.15, 0.2) is 0 Å². The van der Waals surface area contributed by atoms with Gasteiger partial charge in [-0.25, -0.2) is 0 Å². The van der Waals surface area contributed by atoms with E-state index in [-0.39, 0.29) is 9.90 Å². The van der Waals surface area contributed by atoms with Crippen LogP contribution in [0.5, 0.6) is 0 Å². The molecule has 3 nitrogen and oxygen atoms in total. The highest BCUT2D eigenvalue weighted by molar-refractivity contribution is 6.92. The van der Waals surface area contributed by atoms with Crippen molar-refractivity contribution in [1.29, 1.82) is 0 Å². The molecular formula is C3H13O3PSi. The molecular weight excluding hydrogens is 143 g/mol. The lowest BCUT2D eigenvalue weighted by Crippen LogP contribution is -2.21. The second-order valence-corrected chi connectivity index (χ2v) is 2.99. The summed E-state index contributed by atoms with van der Waals surface area (Å²) >= 11 is 0. The van der Waals surface area contributed by atoms with E-state index in [9.17, 15) is 0 Å². The van der Waals surface area contributed by atoms with Crippen molar-refractivity contribution in [3.63, 3.8) is 0 Å². The van der Waals surface area contributed by atoms with E-state index in [0.717, 1.165) is 0 Å². The minimum absolute atomic E-state index is 0. The van der Waals surface area contributed by atoms with E-state index in [4.69, 9.17) is 13.3 Å². The summed E-state index contributed by atoms with van der Waals surface area (Å²) in [5.41, 5.74) is 0. The standard InChI is InChI=1S/C3H10O3Si.H3P/c1-4-7(5-2)6-3;/h7H,1-3H3;1H3. The third kappa shape index (κ3) is 4.68. The molecule has 0 aliphatic carbocycles. The lowest BCUT2D eigenvalue weighted by Gasteiger charge is -2.05. The molecule has 0 saturated heterocycles. The van der Waals surface area contributed by atoms with Crippen molar-refractivity contribution in [1.82, 2.24) is 0 Å². The second-order valence-electron chi connectivity index (χ2n) is 0.996. The van der Waals surface area contributed by atoms with Crippen molar-refractivity contribution in [2.75, 3.05) is 21.3 Å². The molecule has 0 amide bonds. The highest BCUT2D eigenvalue weighted by atomic mass is 31.0. The third-order valence-electron chi connectivity index (χ3n) is 0.577. The topological polar surface area (TPSA) is 27.7 Å². The van der Waals surface area contributed by atoms with Gasteiger partial charge in [0.25, 0.3) is 0 Å². The van der Waals surface area contributed by atoms with Crippen LogP contribution in [0.1, 0.15) is 0 Å². The largest absolute Gasteiger partial charge is 0.483 e. The van der Waals surface area contributed by atoms with Crippen LogP contribution in [-0.2, 0) is 13.3 Å². The van der Waals surface area contributed by atoms with Crippen molar-refractivity contribution in [2.45, 2.75) is 0 Å².